The normalized spacial score (nSPS) is 12.8. The fraction of sp³-hybridized carbons (Fsp3) is 0.188. The first-order valence-electron chi connectivity index (χ1n) is 6.64. The molecule has 3 rings (SSSR count). The van der Waals surface area contributed by atoms with E-state index in [4.69, 9.17) is 22.3 Å². The zero-order valence-electron chi connectivity index (χ0n) is 11.3. The van der Waals surface area contributed by atoms with Crippen LogP contribution in [0.2, 0.25) is 5.02 Å². The van der Waals surface area contributed by atoms with Crippen molar-refractivity contribution in [3.05, 3.63) is 59.4 Å². The first kappa shape index (κ1) is 13.2. The molecule has 102 valence electrons. The molecule has 3 nitrogen and oxygen atoms in total. The van der Waals surface area contributed by atoms with E-state index in [0.29, 0.717) is 11.6 Å². The summed E-state index contributed by atoms with van der Waals surface area (Å²) >= 11 is 6.26. The number of halogens is 1. The summed E-state index contributed by atoms with van der Waals surface area (Å²) in [7, 11) is 0. The highest BCUT2D eigenvalue weighted by Crippen LogP contribution is 2.31. The van der Waals surface area contributed by atoms with E-state index in [1.807, 2.05) is 40.9 Å². The van der Waals surface area contributed by atoms with Gasteiger partial charge in [0.15, 0.2) is 5.65 Å². The number of fused-ring (bicyclic) bond motifs is 1. The lowest BCUT2D eigenvalue weighted by atomic mass is 10.0. The third-order valence-corrected chi connectivity index (χ3v) is 3.80. The van der Waals surface area contributed by atoms with Crippen LogP contribution >= 0.6 is 11.6 Å². The minimum Gasteiger partial charge on any atom is -0.330 e. The van der Waals surface area contributed by atoms with E-state index in [-0.39, 0.29) is 5.92 Å². The predicted octanol–water partition coefficient (Wildman–Crippen LogP) is 3.72. The van der Waals surface area contributed by atoms with Crippen LogP contribution in [0.15, 0.2) is 48.7 Å². The van der Waals surface area contributed by atoms with Crippen molar-refractivity contribution >= 4 is 17.2 Å². The number of nitrogens with zero attached hydrogens (tertiary/aromatic N) is 2. The average molecular weight is 286 g/mol. The molecule has 0 radical (unpaired) electrons. The fourth-order valence-corrected chi connectivity index (χ4v) is 2.65. The topological polar surface area (TPSA) is 43.3 Å². The Bertz CT molecular complexity index is 734. The Balaban J connectivity index is 2.33. The molecule has 0 aliphatic carbocycles. The third-order valence-electron chi connectivity index (χ3n) is 3.51. The maximum Gasteiger partial charge on any atom is 0.156 e. The molecule has 2 heterocycles. The molecular formula is C16H16ClN3. The zero-order valence-corrected chi connectivity index (χ0v) is 12.0. The second-order valence-electron chi connectivity index (χ2n) is 4.90. The number of benzene rings is 1. The Kier molecular flexibility index (Phi) is 3.47. The molecule has 1 unspecified atom stereocenters. The van der Waals surface area contributed by atoms with Crippen LogP contribution in [0.5, 0.6) is 0 Å². The molecule has 1 atom stereocenters. The molecule has 2 aromatic heterocycles. The molecule has 0 fully saturated rings. The molecule has 4 heteroatoms. The summed E-state index contributed by atoms with van der Waals surface area (Å²) in [5.41, 5.74) is 9.79. The van der Waals surface area contributed by atoms with Gasteiger partial charge in [-0.1, -0.05) is 48.9 Å². The van der Waals surface area contributed by atoms with Gasteiger partial charge in [0.1, 0.15) is 0 Å². The van der Waals surface area contributed by atoms with E-state index < -0.39 is 0 Å². The van der Waals surface area contributed by atoms with Gasteiger partial charge < -0.3 is 10.1 Å². The van der Waals surface area contributed by atoms with Gasteiger partial charge >= 0.3 is 0 Å². The van der Waals surface area contributed by atoms with Crippen molar-refractivity contribution in [1.82, 2.24) is 9.38 Å². The van der Waals surface area contributed by atoms with Crippen molar-refractivity contribution in [2.45, 2.75) is 12.8 Å². The maximum atomic E-state index is 6.26. The highest BCUT2D eigenvalue weighted by atomic mass is 35.5. The third kappa shape index (κ3) is 2.09. The summed E-state index contributed by atoms with van der Waals surface area (Å²) in [5, 5.41) is 0.653. The summed E-state index contributed by atoms with van der Waals surface area (Å²) in [6, 6.07) is 13.9. The van der Waals surface area contributed by atoms with Gasteiger partial charge in [0.25, 0.3) is 0 Å². The van der Waals surface area contributed by atoms with Gasteiger partial charge in [0, 0.05) is 24.2 Å². The summed E-state index contributed by atoms with van der Waals surface area (Å²) in [6.07, 6.45) is 1.99. The highest BCUT2D eigenvalue weighted by molar-refractivity contribution is 6.33. The standard InChI is InChI=1S/C16H16ClN3/c1-11(10-18)15-14(12-6-3-2-4-7-12)19-16-13(17)8-5-9-20(15)16/h2-9,11H,10,18H2,1H3. The number of pyridine rings is 1. The zero-order chi connectivity index (χ0) is 14.1. The Morgan fingerprint density at radius 2 is 1.95 bits per heavy atom. The summed E-state index contributed by atoms with van der Waals surface area (Å²) in [4.78, 5) is 4.73. The van der Waals surface area contributed by atoms with Crippen molar-refractivity contribution in [2.24, 2.45) is 5.73 Å². The smallest absolute Gasteiger partial charge is 0.156 e. The van der Waals surface area contributed by atoms with Crippen LogP contribution in [-0.4, -0.2) is 15.9 Å². The fourth-order valence-electron chi connectivity index (χ4n) is 2.44. The Morgan fingerprint density at radius 1 is 1.20 bits per heavy atom. The first-order chi connectivity index (χ1) is 9.72. The maximum absolute atomic E-state index is 6.26. The quantitative estimate of drug-likeness (QED) is 0.797. The molecule has 1 aromatic carbocycles. The van der Waals surface area contributed by atoms with Crippen LogP contribution in [0.3, 0.4) is 0 Å². The molecule has 0 saturated carbocycles. The summed E-state index contributed by atoms with van der Waals surface area (Å²) in [6.45, 7) is 2.68. The van der Waals surface area contributed by atoms with Gasteiger partial charge in [-0.2, -0.15) is 0 Å². The average Bonchev–Trinajstić information content (AvgIpc) is 2.88. The largest absolute Gasteiger partial charge is 0.330 e. The molecule has 20 heavy (non-hydrogen) atoms. The first-order valence-corrected chi connectivity index (χ1v) is 7.02. The van der Waals surface area contributed by atoms with Gasteiger partial charge in [-0.3, -0.25) is 0 Å². The number of hydrogen-bond acceptors (Lipinski definition) is 2. The van der Waals surface area contributed by atoms with E-state index in [9.17, 15) is 0 Å². The van der Waals surface area contributed by atoms with Crippen LogP contribution in [0.25, 0.3) is 16.9 Å². The summed E-state index contributed by atoms with van der Waals surface area (Å²) in [5.74, 6) is 0.207. The van der Waals surface area contributed by atoms with Gasteiger partial charge in [-0.25, -0.2) is 4.98 Å². The van der Waals surface area contributed by atoms with Gasteiger partial charge in [-0.05, 0) is 12.1 Å². The van der Waals surface area contributed by atoms with Crippen molar-refractivity contribution in [3.8, 4) is 11.3 Å². The van der Waals surface area contributed by atoms with Gasteiger partial charge in [0.05, 0.1) is 16.4 Å². The van der Waals surface area contributed by atoms with E-state index in [0.717, 1.165) is 22.6 Å². The van der Waals surface area contributed by atoms with E-state index >= 15 is 0 Å². The molecule has 0 aliphatic heterocycles. The molecule has 2 N–H and O–H groups in total. The van der Waals surface area contributed by atoms with Crippen LogP contribution < -0.4 is 5.73 Å². The summed E-state index contributed by atoms with van der Waals surface area (Å²) < 4.78 is 2.04. The van der Waals surface area contributed by atoms with E-state index in [1.165, 1.54) is 0 Å². The van der Waals surface area contributed by atoms with Gasteiger partial charge in [0.2, 0.25) is 0 Å². The molecule has 0 amide bonds. The van der Waals surface area contributed by atoms with E-state index in [2.05, 4.69) is 19.1 Å². The van der Waals surface area contributed by atoms with Crippen LogP contribution in [-0.2, 0) is 0 Å². The minimum atomic E-state index is 0.207. The number of hydrogen-bond donors (Lipinski definition) is 1. The molecule has 0 saturated heterocycles. The van der Waals surface area contributed by atoms with E-state index in [1.54, 1.807) is 0 Å². The van der Waals surface area contributed by atoms with Crippen molar-refractivity contribution in [2.75, 3.05) is 6.54 Å². The van der Waals surface area contributed by atoms with Crippen molar-refractivity contribution in [3.63, 3.8) is 0 Å². The highest BCUT2D eigenvalue weighted by Gasteiger charge is 2.19. The SMILES string of the molecule is CC(CN)c1c(-c2ccccc2)nc2c(Cl)cccn12. The number of rotatable bonds is 3. The van der Waals surface area contributed by atoms with Gasteiger partial charge in [-0.15, -0.1) is 0 Å². The van der Waals surface area contributed by atoms with Crippen LogP contribution in [0.4, 0.5) is 0 Å². The molecule has 0 aliphatic rings. The molecule has 0 bridgehead atoms. The Hall–Kier alpha value is -1.84. The second kappa shape index (κ2) is 5.27. The number of aromatic nitrogens is 2. The van der Waals surface area contributed by atoms with Crippen molar-refractivity contribution in [1.29, 1.82) is 0 Å². The lowest BCUT2D eigenvalue weighted by molar-refractivity contribution is 0.738. The molecule has 3 aromatic rings. The lowest BCUT2D eigenvalue weighted by Gasteiger charge is -2.11. The number of imidazole rings is 1. The second-order valence-corrected chi connectivity index (χ2v) is 5.31. The van der Waals surface area contributed by atoms with Crippen molar-refractivity contribution < 1.29 is 0 Å². The van der Waals surface area contributed by atoms with Crippen LogP contribution in [0.1, 0.15) is 18.5 Å². The molecule has 0 spiro atoms. The lowest BCUT2D eigenvalue weighted by Crippen LogP contribution is -2.12. The molecular weight excluding hydrogens is 270 g/mol. The predicted molar refractivity (Wildman–Crippen MR) is 83.1 cm³/mol. The Labute approximate surface area is 123 Å². The monoisotopic (exact) mass is 285 g/mol. The number of nitrogens with two attached hydrogens (primary N) is 1. The Morgan fingerprint density at radius 3 is 2.65 bits per heavy atom. The minimum absolute atomic E-state index is 0.207. The van der Waals surface area contributed by atoms with Crippen LogP contribution in [0, 0.1) is 0 Å².